The molecule has 146 valence electrons. The van der Waals surface area contributed by atoms with Crippen LogP contribution >= 0.6 is 0 Å². The molecule has 0 saturated carbocycles. The summed E-state index contributed by atoms with van der Waals surface area (Å²) in [7, 11) is 0. The summed E-state index contributed by atoms with van der Waals surface area (Å²) in [6.45, 7) is 5.72. The van der Waals surface area contributed by atoms with Gasteiger partial charge in [-0.15, -0.1) is 5.10 Å². The Hall–Kier alpha value is -3.68. The van der Waals surface area contributed by atoms with Crippen molar-refractivity contribution < 1.29 is 9.18 Å². The van der Waals surface area contributed by atoms with Crippen LogP contribution in [0, 0.1) is 12.7 Å². The van der Waals surface area contributed by atoms with Gasteiger partial charge >= 0.3 is 0 Å². The molecule has 29 heavy (non-hydrogen) atoms. The maximum Gasteiger partial charge on any atom is 0.256 e. The zero-order valence-electron chi connectivity index (χ0n) is 16.2. The largest absolute Gasteiger partial charge is 0.322 e. The smallest absolute Gasteiger partial charge is 0.256 e. The maximum atomic E-state index is 14.3. The highest BCUT2D eigenvalue weighted by Gasteiger charge is 2.16. The number of nitrogens with one attached hydrogen (secondary N) is 1. The van der Waals surface area contributed by atoms with Crippen LogP contribution in [0.4, 0.5) is 10.1 Å². The number of aryl methyl sites for hydroxylation is 1. The van der Waals surface area contributed by atoms with Gasteiger partial charge in [-0.25, -0.2) is 4.39 Å². The Morgan fingerprint density at radius 3 is 2.66 bits per heavy atom. The number of benzene rings is 2. The van der Waals surface area contributed by atoms with Gasteiger partial charge in [0.25, 0.3) is 5.91 Å². The van der Waals surface area contributed by atoms with Crippen LogP contribution in [-0.4, -0.2) is 31.1 Å². The number of carbonyl (C=O) groups excluding carboxylic acids is 1. The summed E-state index contributed by atoms with van der Waals surface area (Å²) in [5.41, 5.74) is 2.70. The summed E-state index contributed by atoms with van der Waals surface area (Å²) in [5, 5.41) is 14.7. The minimum atomic E-state index is -0.491. The van der Waals surface area contributed by atoms with E-state index in [0.717, 1.165) is 16.6 Å². The van der Waals surface area contributed by atoms with Crippen LogP contribution in [0.15, 0.2) is 48.5 Å². The molecule has 0 spiro atoms. The van der Waals surface area contributed by atoms with Crippen molar-refractivity contribution in [3.63, 3.8) is 0 Å². The van der Waals surface area contributed by atoms with Gasteiger partial charge in [-0.2, -0.15) is 4.68 Å². The minimum absolute atomic E-state index is 0.160. The lowest BCUT2D eigenvalue weighted by Crippen LogP contribution is -2.14. The molecule has 0 radical (unpaired) electrons. The lowest BCUT2D eigenvalue weighted by Gasteiger charge is -2.13. The second-order valence-corrected chi connectivity index (χ2v) is 7.02. The third-order valence-corrected chi connectivity index (χ3v) is 4.63. The predicted octanol–water partition coefficient (Wildman–Crippen LogP) is 4.03. The quantitative estimate of drug-likeness (QED) is 0.568. The number of hydrogen-bond acceptors (Lipinski definition) is 5. The number of fused-ring (bicyclic) bond motifs is 1. The highest BCUT2D eigenvalue weighted by atomic mass is 19.1. The summed E-state index contributed by atoms with van der Waals surface area (Å²) < 4.78 is 15.6. The van der Waals surface area contributed by atoms with E-state index in [1.807, 2.05) is 38.1 Å². The van der Waals surface area contributed by atoms with Crippen LogP contribution < -0.4 is 5.32 Å². The van der Waals surface area contributed by atoms with Gasteiger partial charge in [0.15, 0.2) is 5.82 Å². The van der Waals surface area contributed by atoms with Crippen LogP contribution in [0.25, 0.3) is 16.6 Å². The Morgan fingerprint density at radius 1 is 1.14 bits per heavy atom. The van der Waals surface area contributed by atoms with E-state index in [1.165, 1.54) is 22.9 Å². The predicted molar refractivity (Wildman–Crippen MR) is 108 cm³/mol. The van der Waals surface area contributed by atoms with Crippen molar-refractivity contribution in [2.45, 2.75) is 26.7 Å². The van der Waals surface area contributed by atoms with Crippen molar-refractivity contribution in [1.29, 1.82) is 0 Å². The Kier molecular flexibility index (Phi) is 4.75. The van der Waals surface area contributed by atoms with Crippen LogP contribution in [0.1, 0.15) is 41.6 Å². The van der Waals surface area contributed by atoms with Crippen LogP contribution in [-0.2, 0) is 0 Å². The van der Waals surface area contributed by atoms with E-state index in [9.17, 15) is 9.18 Å². The molecular formula is C21H19FN6O. The summed E-state index contributed by atoms with van der Waals surface area (Å²) in [4.78, 5) is 17.7. The Morgan fingerprint density at radius 2 is 1.93 bits per heavy atom. The molecule has 2 heterocycles. The second-order valence-electron chi connectivity index (χ2n) is 7.02. The van der Waals surface area contributed by atoms with Gasteiger partial charge in [0.2, 0.25) is 0 Å². The number of halogens is 1. The lowest BCUT2D eigenvalue weighted by molar-refractivity contribution is 0.102. The normalized spacial score (nSPS) is 11.2. The van der Waals surface area contributed by atoms with Gasteiger partial charge in [-0.05, 0) is 53.6 Å². The first-order valence-electron chi connectivity index (χ1n) is 9.20. The number of rotatable bonds is 4. The molecule has 8 heteroatoms. The summed E-state index contributed by atoms with van der Waals surface area (Å²) >= 11 is 0. The first-order valence-corrected chi connectivity index (χ1v) is 9.20. The molecule has 1 N–H and O–H groups in total. The third-order valence-electron chi connectivity index (χ3n) is 4.63. The maximum absolute atomic E-state index is 14.3. The standard InChI is InChI=1S/C21H19FN6O/c1-12(2)19-11-16(15-6-4-5-7-18(15)24-19)21(29)23-14-8-9-17(22)20(10-14)28-13(3)25-26-27-28/h4-12H,1-3H3,(H,23,29). The van der Waals surface area contributed by atoms with E-state index in [4.69, 9.17) is 0 Å². The fourth-order valence-electron chi connectivity index (χ4n) is 3.08. The molecule has 2 aromatic carbocycles. The number of anilines is 1. The van der Waals surface area contributed by atoms with Crippen molar-refractivity contribution in [2.24, 2.45) is 0 Å². The number of pyridine rings is 1. The molecular weight excluding hydrogens is 371 g/mol. The van der Waals surface area contributed by atoms with Gasteiger partial charge in [-0.3, -0.25) is 9.78 Å². The van der Waals surface area contributed by atoms with Crippen molar-refractivity contribution >= 4 is 22.5 Å². The monoisotopic (exact) mass is 390 g/mol. The second kappa shape index (κ2) is 7.38. The number of hydrogen-bond donors (Lipinski definition) is 1. The van der Waals surface area contributed by atoms with Crippen LogP contribution in [0.3, 0.4) is 0 Å². The molecule has 0 atom stereocenters. The fourth-order valence-corrected chi connectivity index (χ4v) is 3.08. The molecule has 0 aliphatic carbocycles. The first kappa shape index (κ1) is 18.7. The lowest BCUT2D eigenvalue weighted by atomic mass is 10.0. The summed E-state index contributed by atoms with van der Waals surface area (Å²) in [6, 6.07) is 13.6. The zero-order valence-corrected chi connectivity index (χ0v) is 16.2. The summed E-state index contributed by atoms with van der Waals surface area (Å²) in [6.07, 6.45) is 0. The van der Waals surface area contributed by atoms with E-state index in [-0.39, 0.29) is 17.5 Å². The molecule has 4 rings (SSSR count). The number of carbonyl (C=O) groups is 1. The highest BCUT2D eigenvalue weighted by Crippen LogP contribution is 2.24. The molecule has 4 aromatic rings. The molecule has 1 amide bonds. The van der Waals surface area contributed by atoms with Gasteiger partial charge in [0.1, 0.15) is 11.5 Å². The average Bonchev–Trinajstić information content (AvgIpc) is 3.14. The van der Waals surface area contributed by atoms with E-state index in [0.29, 0.717) is 17.1 Å². The van der Waals surface area contributed by atoms with Crippen LogP contribution in [0.5, 0.6) is 0 Å². The van der Waals surface area contributed by atoms with Gasteiger partial charge in [0.05, 0.1) is 11.1 Å². The van der Waals surface area contributed by atoms with Crippen molar-refractivity contribution in [3.05, 3.63) is 71.4 Å². The Labute approximate surface area is 166 Å². The Balaban J connectivity index is 1.73. The highest BCUT2D eigenvalue weighted by molar-refractivity contribution is 6.12. The van der Waals surface area contributed by atoms with Gasteiger partial charge in [-0.1, -0.05) is 32.0 Å². The zero-order chi connectivity index (χ0) is 20.5. The molecule has 0 bridgehead atoms. The molecule has 0 aliphatic heterocycles. The third kappa shape index (κ3) is 3.56. The molecule has 0 unspecified atom stereocenters. The SMILES string of the molecule is Cc1nnnn1-c1cc(NC(=O)c2cc(C(C)C)nc3ccccc23)ccc1F. The first-order chi connectivity index (χ1) is 13.9. The van der Waals surface area contributed by atoms with Gasteiger partial charge < -0.3 is 5.32 Å². The van der Waals surface area contributed by atoms with Crippen molar-refractivity contribution in [3.8, 4) is 5.69 Å². The molecule has 2 aromatic heterocycles. The Bertz CT molecular complexity index is 1220. The van der Waals surface area contributed by atoms with E-state index in [2.05, 4.69) is 25.8 Å². The molecule has 0 fully saturated rings. The minimum Gasteiger partial charge on any atom is -0.322 e. The number of tetrazole rings is 1. The molecule has 7 nitrogen and oxygen atoms in total. The number of aromatic nitrogens is 5. The van der Waals surface area contributed by atoms with Crippen molar-refractivity contribution in [1.82, 2.24) is 25.2 Å². The number of amides is 1. The summed E-state index contributed by atoms with van der Waals surface area (Å²) in [5.74, 6) is -0.174. The topological polar surface area (TPSA) is 85.6 Å². The number of nitrogens with zero attached hydrogens (tertiary/aromatic N) is 5. The van der Waals surface area contributed by atoms with Crippen LogP contribution in [0.2, 0.25) is 0 Å². The van der Waals surface area contributed by atoms with Crippen molar-refractivity contribution in [2.75, 3.05) is 5.32 Å². The average molecular weight is 390 g/mol. The van der Waals surface area contributed by atoms with Gasteiger partial charge in [0, 0.05) is 16.8 Å². The molecule has 0 aliphatic rings. The molecule has 0 saturated heterocycles. The number of para-hydroxylation sites is 1. The van der Waals surface area contributed by atoms with E-state index >= 15 is 0 Å². The fraction of sp³-hybridized carbons (Fsp3) is 0.190. The van der Waals surface area contributed by atoms with E-state index in [1.54, 1.807) is 13.0 Å². The van der Waals surface area contributed by atoms with E-state index < -0.39 is 5.82 Å².